The number of amides is 2. The van der Waals surface area contributed by atoms with Gasteiger partial charge in [0.15, 0.2) is 0 Å². The molecule has 1 fully saturated rings. The predicted octanol–water partition coefficient (Wildman–Crippen LogP) is 7.92. The largest absolute Gasteiger partial charge is 0.417 e. The van der Waals surface area contributed by atoms with Gasteiger partial charge in [-0.3, -0.25) is 14.6 Å². The molecule has 3 N–H and O–H groups in total. The van der Waals surface area contributed by atoms with Crippen molar-refractivity contribution in [2.45, 2.75) is 58.3 Å². The van der Waals surface area contributed by atoms with Crippen LogP contribution in [-0.4, -0.2) is 22.8 Å². The van der Waals surface area contributed by atoms with Crippen LogP contribution in [0.1, 0.15) is 67.6 Å². The summed E-state index contributed by atoms with van der Waals surface area (Å²) in [6.45, 7) is 5.40. The molecule has 43 heavy (non-hydrogen) atoms. The second-order valence-corrected chi connectivity index (χ2v) is 11.3. The molecular formula is C33H32F4N4O2. The average molecular weight is 593 g/mol. The number of alkyl halides is 3. The fourth-order valence-corrected chi connectivity index (χ4v) is 4.97. The van der Waals surface area contributed by atoms with Crippen molar-refractivity contribution in [1.29, 1.82) is 0 Å². The Bertz CT molecular complexity index is 1670. The normalized spacial score (nSPS) is 14.0. The van der Waals surface area contributed by atoms with Crippen molar-refractivity contribution in [2.24, 2.45) is 5.92 Å². The SMILES string of the molecule is CC(C)CC(=O)NC(C)c1ccc(-c2cc3c(Nc4ccccc4)c(C(=O)NC4CC4)cnc3cc2C(F)(F)F)cc1F. The Balaban J connectivity index is 1.63. The Morgan fingerprint density at radius 2 is 1.72 bits per heavy atom. The molecule has 0 bridgehead atoms. The number of rotatable bonds is 9. The van der Waals surface area contributed by atoms with Crippen molar-refractivity contribution >= 4 is 34.1 Å². The third-order valence-corrected chi connectivity index (χ3v) is 7.26. The number of nitrogens with one attached hydrogen (secondary N) is 3. The maximum Gasteiger partial charge on any atom is 0.417 e. The van der Waals surface area contributed by atoms with Crippen molar-refractivity contribution in [3.8, 4) is 11.1 Å². The van der Waals surface area contributed by atoms with Gasteiger partial charge in [-0.2, -0.15) is 13.2 Å². The Kier molecular flexibility index (Phi) is 8.39. The Labute approximate surface area is 246 Å². The van der Waals surface area contributed by atoms with Crippen LogP contribution in [0.4, 0.5) is 28.9 Å². The molecule has 1 saturated carbocycles. The lowest BCUT2D eigenvalue weighted by molar-refractivity contribution is -0.137. The summed E-state index contributed by atoms with van der Waals surface area (Å²) in [5.41, 5.74) is 0.0247. The molecule has 224 valence electrons. The van der Waals surface area contributed by atoms with Gasteiger partial charge in [-0.15, -0.1) is 0 Å². The van der Waals surface area contributed by atoms with Crippen LogP contribution in [0.2, 0.25) is 0 Å². The van der Waals surface area contributed by atoms with Gasteiger partial charge in [0, 0.05) is 35.3 Å². The van der Waals surface area contributed by atoms with E-state index in [0.29, 0.717) is 11.4 Å². The van der Waals surface area contributed by atoms with E-state index in [1.54, 1.807) is 31.2 Å². The quantitative estimate of drug-likeness (QED) is 0.173. The van der Waals surface area contributed by atoms with Crippen LogP contribution in [0.5, 0.6) is 0 Å². The van der Waals surface area contributed by atoms with E-state index in [4.69, 9.17) is 0 Å². The first-order valence-electron chi connectivity index (χ1n) is 14.2. The van der Waals surface area contributed by atoms with Crippen molar-refractivity contribution < 1.29 is 27.2 Å². The molecule has 0 aliphatic heterocycles. The summed E-state index contributed by atoms with van der Waals surface area (Å²) in [6.07, 6.45) is -1.52. The molecule has 10 heteroatoms. The summed E-state index contributed by atoms with van der Waals surface area (Å²) in [4.78, 5) is 29.6. The lowest BCUT2D eigenvalue weighted by atomic mass is 9.93. The van der Waals surface area contributed by atoms with Crippen LogP contribution in [0.15, 0.2) is 66.9 Å². The van der Waals surface area contributed by atoms with E-state index in [9.17, 15) is 22.8 Å². The number of fused-ring (bicyclic) bond motifs is 1. The van der Waals surface area contributed by atoms with Crippen molar-refractivity contribution in [3.05, 3.63) is 89.4 Å². The smallest absolute Gasteiger partial charge is 0.354 e. The van der Waals surface area contributed by atoms with E-state index < -0.39 is 23.6 Å². The Morgan fingerprint density at radius 1 is 1.00 bits per heavy atom. The molecule has 1 aliphatic rings. The molecule has 1 atom stereocenters. The molecule has 3 aromatic carbocycles. The number of pyridine rings is 1. The first-order chi connectivity index (χ1) is 20.4. The molecule has 0 saturated heterocycles. The number of halogens is 4. The molecule has 6 nitrogen and oxygen atoms in total. The Morgan fingerprint density at radius 3 is 2.35 bits per heavy atom. The number of anilines is 2. The average Bonchev–Trinajstić information content (AvgIpc) is 3.76. The molecule has 4 aromatic rings. The Hall–Kier alpha value is -4.47. The van der Waals surface area contributed by atoms with Crippen molar-refractivity contribution in [2.75, 3.05) is 5.32 Å². The topological polar surface area (TPSA) is 83.1 Å². The minimum atomic E-state index is -4.77. The minimum Gasteiger partial charge on any atom is -0.354 e. The zero-order valence-corrected chi connectivity index (χ0v) is 24.0. The molecule has 1 heterocycles. The molecule has 0 spiro atoms. The third kappa shape index (κ3) is 6.96. The molecule has 1 unspecified atom stereocenters. The lowest BCUT2D eigenvalue weighted by Crippen LogP contribution is -2.28. The lowest BCUT2D eigenvalue weighted by Gasteiger charge is -2.20. The highest BCUT2D eigenvalue weighted by Crippen LogP contribution is 2.42. The molecule has 1 aliphatic carbocycles. The summed E-state index contributed by atoms with van der Waals surface area (Å²) >= 11 is 0. The number of benzene rings is 3. The number of hydrogen-bond acceptors (Lipinski definition) is 4. The first-order valence-corrected chi connectivity index (χ1v) is 14.2. The van der Waals surface area contributed by atoms with Crippen LogP contribution in [0.25, 0.3) is 22.0 Å². The van der Waals surface area contributed by atoms with Crippen LogP contribution < -0.4 is 16.0 Å². The summed E-state index contributed by atoms with van der Waals surface area (Å²) in [5, 5.41) is 9.12. The number of para-hydroxylation sites is 1. The van der Waals surface area contributed by atoms with Crippen molar-refractivity contribution in [3.63, 3.8) is 0 Å². The second kappa shape index (κ2) is 12.0. The van der Waals surface area contributed by atoms with Gasteiger partial charge >= 0.3 is 6.18 Å². The highest BCUT2D eigenvalue weighted by atomic mass is 19.4. The number of carbonyl (C=O) groups is 2. The molecule has 1 aromatic heterocycles. The first kappa shape index (κ1) is 30.0. The maximum absolute atomic E-state index is 15.4. The van der Waals surface area contributed by atoms with Gasteiger partial charge in [0.05, 0.1) is 28.4 Å². The van der Waals surface area contributed by atoms with Gasteiger partial charge in [0.2, 0.25) is 5.91 Å². The number of aromatic nitrogens is 1. The standard InChI is InChI=1S/C33H32F4N4O2/c1-18(2)13-30(42)39-19(3)23-12-9-20(14-28(23)34)24-15-25-29(16-27(24)33(35,36)37)38-17-26(32(43)41-22-10-11-22)31(25)40-21-7-5-4-6-8-21/h4-9,12,14-19,22H,10-11,13H2,1-3H3,(H,38,40)(H,39,42)(H,41,43). The van der Waals surface area contributed by atoms with Gasteiger partial charge in [-0.05, 0) is 67.1 Å². The summed E-state index contributed by atoms with van der Waals surface area (Å²) < 4.78 is 58.5. The second-order valence-electron chi connectivity index (χ2n) is 11.3. The highest BCUT2D eigenvalue weighted by Gasteiger charge is 2.35. The zero-order valence-electron chi connectivity index (χ0n) is 24.0. The summed E-state index contributed by atoms with van der Waals surface area (Å²) in [7, 11) is 0. The van der Waals surface area contributed by atoms with E-state index in [2.05, 4.69) is 20.9 Å². The molecule has 5 rings (SSSR count). The zero-order chi connectivity index (χ0) is 30.9. The van der Waals surface area contributed by atoms with E-state index >= 15 is 4.39 Å². The van der Waals surface area contributed by atoms with Gasteiger partial charge in [0.25, 0.3) is 5.91 Å². The summed E-state index contributed by atoms with van der Waals surface area (Å²) in [6, 6.07) is 14.4. The fraction of sp³-hybridized carbons (Fsp3) is 0.303. The van der Waals surface area contributed by atoms with Crippen LogP contribution in [0, 0.1) is 11.7 Å². The van der Waals surface area contributed by atoms with E-state index in [-0.39, 0.29) is 63.4 Å². The molecule has 0 radical (unpaired) electrons. The van der Waals surface area contributed by atoms with E-state index in [1.165, 1.54) is 24.4 Å². The number of carbonyl (C=O) groups excluding carboxylic acids is 2. The molecule has 2 amide bonds. The van der Waals surface area contributed by atoms with Gasteiger partial charge < -0.3 is 16.0 Å². The van der Waals surface area contributed by atoms with Gasteiger partial charge in [-0.25, -0.2) is 4.39 Å². The monoisotopic (exact) mass is 592 g/mol. The van der Waals surface area contributed by atoms with Crippen molar-refractivity contribution in [1.82, 2.24) is 15.6 Å². The van der Waals surface area contributed by atoms with Gasteiger partial charge in [0.1, 0.15) is 5.82 Å². The fourth-order valence-electron chi connectivity index (χ4n) is 4.97. The third-order valence-electron chi connectivity index (χ3n) is 7.26. The summed E-state index contributed by atoms with van der Waals surface area (Å²) in [5.74, 6) is -1.27. The maximum atomic E-state index is 15.4. The van der Waals surface area contributed by atoms with Crippen LogP contribution in [0.3, 0.4) is 0 Å². The van der Waals surface area contributed by atoms with E-state index in [1.807, 2.05) is 19.9 Å². The molecular weight excluding hydrogens is 560 g/mol. The van der Waals surface area contributed by atoms with Gasteiger partial charge in [-0.1, -0.05) is 44.2 Å². The highest BCUT2D eigenvalue weighted by molar-refractivity contribution is 6.09. The predicted molar refractivity (Wildman–Crippen MR) is 158 cm³/mol. The minimum absolute atomic E-state index is 0.00493. The van der Waals surface area contributed by atoms with Crippen LogP contribution >= 0.6 is 0 Å². The number of hydrogen-bond donors (Lipinski definition) is 3. The number of nitrogens with zero attached hydrogens (tertiary/aromatic N) is 1. The van der Waals surface area contributed by atoms with E-state index in [0.717, 1.165) is 25.0 Å². The van der Waals surface area contributed by atoms with Crippen LogP contribution in [-0.2, 0) is 11.0 Å².